The van der Waals surface area contributed by atoms with Crippen LogP contribution < -0.4 is 14.8 Å². The van der Waals surface area contributed by atoms with E-state index in [9.17, 15) is 18.0 Å². The van der Waals surface area contributed by atoms with Gasteiger partial charge in [-0.3, -0.25) is 10.1 Å². The Morgan fingerprint density at radius 3 is 2.76 bits per heavy atom. The molecule has 1 aliphatic heterocycles. The molecule has 0 spiro atoms. The SMILES string of the molecule is COc1nc(C)nc(NC(=O)NS(=O)(=O)C2=C(C3CCOC3=O)C(=S)CC=C2)n1. The Labute approximate surface area is 171 Å². The van der Waals surface area contributed by atoms with Crippen molar-refractivity contribution in [3.05, 3.63) is 28.5 Å². The van der Waals surface area contributed by atoms with Crippen molar-refractivity contribution in [2.24, 2.45) is 5.92 Å². The van der Waals surface area contributed by atoms with Crippen LogP contribution in [-0.4, -0.2) is 54.0 Å². The van der Waals surface area contributed by atoms with Crippen molar-refractivity contribution in [3.8, 4) is 6.01 Å². The van der Waals surface area contributed by atoms with E-state index in [1.807, 2.05) is 4.72 Å². The first-order valence-electron chi connectivity index (χ1n) is 8.42. The van der Waals surface area contributed by atoms with Gasteiger partial charge in [-0.1, -0.05) is 18.3 Å². The van der Waals surface area contributed by atoms with Crippen LogP contribution in [0.5, 0.6) is 6.01 Å². The number of allylic oxidation sites excluding steroid dienone is 2. The Bertz CT molecular complexity index is 1050. The number of hydrogen-bond donors (Lipinski definition) is 2. The van der Waals surface area contributed by atoms with Crippen molar-refractivity contribution in [3.63, 3.8) is 0 Å². The van der Waals surface area contributed by atoms with Gasteiger partial charge < -0.3 is 9.47 Å². The predicted octanol–water partition coefficient (Wildman–Crippen LogP) is 0.787. The summed E-state index contributed by atoms with van der Waals surface area (Å²) in [5.41, 5.74) is 0.183. The Hall–Kier alpha value is -2.93. The van der Waals surface area contributed by atoms with E-state index in [-0.39, 0.29) is 34.9 Å². The number of cyclic esters (lactones) is 1. The molecule has 29 heavy (non-hydrogen) atoms. The number of anilines is 1. The number of aryl methyl sites for hydroxylation is 1. The number of rotatable bonds is 5. The van der Waals surface area contributed by atoms with E-state index < -0.39 is 27.9 Å². The first-order chi connectivity index (χ1) is 13.7. The van der Waals surface area contributed by atoms with Gasteiger partial charge in [0.25, 0.3) is 10.0 Å². The number of carbonyl (C=O) groups excluding carboxylic acids is 2. The average Bonchev–Trinajstić information content (AvgIpc) is 3.06. The molecule has 2 N–H and O–H groups in total. The van der Waals surface area contributed by atoms with Crippen LogP contribution in [0, 0.1) is 12.8 Å². The third kappa shape index (κ3) is 4.56. The van der Waals surface area contributed by atoms with Crippen molar-refractivity contribution in [1.29, 1.82) is 0 Å². The zero-order valence-electron chi connectivity index (χ0n) is 15.5. The van der Waals surface area contributed by atoms with Crippen LogP contribution in [0.4, 0.5) is 10.7 Å². The molecular weight excluding hydrogens is 422 g/mol. The number of carbonyl (C=O) groups is 2. The number of aromatic nitrogens is 3. The minimum absolute atomic E-state index is 0.0408. The summed E-state index contributed by atoms with van der Waals surface area (Å²) in [5.74, 6) is -1.24. The van der Waals surface area contributed by atoms with Crippen LogP contribution >= 0.6 is 12.2 Å². The molecule has 154 valence electrons. The van der Waals surface area contributed by atoms with Crippen LogP contribution in [0.1, 0.15) is 18.7 Å². The molecule has 1 saturated heterocycles. The predicted molar refractivity (Wildman–Crippen MR) is 105 cm³/mol. The fourth-order valence-corrected chi connectivity index (χ4v) is 4.53. The van der Waals surface area contributed by atoms with Gasteiger partial charge in [0.2, 0.25) is 5.95 Å². The van der Waals surface area contributed by atoms with Crippen LogP contribution in [-0.2, 0) is 19.6 Å². The molecule has 11 nitrogen and oxygen atoms in total. The number of methoxy groups -OCH3 is 1. The minimum Gasteiger partial charge on any atom is -0.467 e. The maximum Gasteiger partial charge on any atom is 0.335 e. The van der Waals surface area contributed by atoms with E-state index in [1.165, 1.54) is 13.2 Å². The molecule has 0 bridgehead atoms. The molecule has 0 saturated carbocycles. The Kier molecular flexibility index (Phi) is 5.88. The fraction of sp³-hybridized carbons (Fsp3) is 0.375. The molecule has 1 aromatic rings. The summed E-state index contributed by atoms with van der Waals surface area (Å²) in [4.78, 5) is 35.9. The Balaban J connectivity index is 1.86. The first kappa shape index (κ1) is 20.8. The highest BCUT2D eigenvalue weighted by Crippen LogP contribution is 2.32. The summed E-state index contributed by atoms with van der Waals surface area (Å²) in [6.45, 7) is 1.73. The van der Waals surface area contributed by atoms with Gasteiger partial charge in [0.05, 0.1) is 24.5 Å². The van der Waals surface area contributed by atoms with Crippen LogP contribution in [0.2, 0.25) is 0 Å². The molecule has 1 unspecified atom stereocenters. The second-order valence-electron chi connectivity index (χ2n) is 6.07. The molecular formula is C16H17N5O6S2. The van der Waals surface area contributed by atoms with Crippen molar-refractivity contribution >= 4 is 45.1 Å². The number of hydrogen-bond acceptors (Lipinski definition) is 10. The topological polar surface area (TPSA) is 149 Å². The summed E-state index contributed by atoms with van der Waals surface area (Å²) in [7, 11) is -3.00. The summed E-state index contributed by atoms with van der Waals surface area (Å²) in [6, 6.07) is -1.13. The summed E-state index contributed by atoms with van der Waals surface area (Å²) in [5, 5.41) is 2.21. The molecule has 0 aromatic carbocycles. The summed E-state index contributed by atoms with van der Waals surface area (Å²) >= 11 is 5.27. The van der Waals surface area contributed by atoms with Gasteiger partial charge in [0, 0.05) is 16.9 Å². The van der Waals surface area contributed by atoms with E-state index in [0.717, 1.165) is 0 Å². The smallest absolute Gasteiger partial charge is 0.335 e. The van der Waals surface area contributed by atoms with Crippen molar-refractivity contribution < 1.29 is 27.5 Å². The molecule has 2 aliphatic rings. The van der Waals surface area contributed by atoms with Gasteiger partial charge in [-0.05, 0) is 19.4 Å². The molecule has 0 radical (unpaired) electrons. The highest BCUT2D eigenvalue weighted by molar-refractivity contribution is 7.94. The van der Waals surface area contributed by atoms with Crippen LogP contribution in [0.25, 0.3) is 0 Å². The van der Waals surface area contributed by atoms with E-state index >= 15 is 0 Å². The van der Waals surface area contributed by atoms with E-state index in [0.29, 0.717) is 17.7 Å². The van der Waals surface area contributed by atoms with Gasteiger partial charge in [-0.25, -0.2) is 17.9 Å². The molecule has 3 rings (SSSR count). The normalized spacial score (nSPS) is 19.2. The molecule has 2 amide bonds. The van der Waals surface area contributed by atoms with Gasteiger partial charge in [-0.15, -0.1) is 0 Å². The van der Waals surface area contributed by atoms with Gasteiger partial charge >= 0.3 is 18.0 Å². The summed E-state index contributed by atoms with van der Waals surface area (Å²) in [6.07, 6.45) is 3.52. The van der Waals surface area contributed by atoms with Crippen LogP contribution in [0.3, 0.4) is 0 Å². The molecule has 1 atom stereocenters. The lowest BCUT2D eigenvalue weighted by Crippen LogP contribution is -2.37. The zero-order valence-corrected chi connectivity index (χ0v) is 17.1. The largest absolute Gasteiger partial charge is 0.467 e. The van der Waals surface area contributed by atoms with Crippen LogP contribution in [0.15, 0.2) is 22.6 Å². The quantitative estimate of drug-likeness (QED) is 0.498. The molecule has 1 aromatic heterocycles. The van der Waals surface area contributed by atoms with Gasteiger partial charge in [0.15, 0.2) is 0 Å². The molecule has 1 aliphatic carbocycles. The minimum atomic E-state index is -4.34. The molecule has 2 heterocycles. The standard InChI is InChI=1S/C16H17N5O6S2/c1-8-17-14(20-16(18-8)26-2)19-15(23)21-29(24,25)11-5-3-4-10(28)12(11)9-6-7-27-13(9)22/h3,5,9H,4,6-7H2,1-2H3,(H2,17,18,19,20,21,23). The third-order valence-electron chi connectivity index (χ3n) is 4.07. The van der Waals surface area contributed by atoms with Crippen molar-refractivity contribution in [2.45, 2.75) is 19.8 Å². The number of nitrogens with zero attached hydrogens (tertiary/aromatic N) is 3. The first-order valence-corrected chi connectivity index (χ1v) is 10.3. The highest BCUT2D eigenvalue weighted by Gasteiger charge is 2.37. The van der Waals surface area contributed by atoms with Gasteiger partial charge in [0.1, 0.15) is 5.82 Å². The lowest BCUT2D eigenvalue weighted by Gasteiger charge is -2.20. The Morgan fingerprint density at radius 1 is 1.34 bits per heavy atom. The zero-order chi connectivity index (χ0) is 21.2. The fourth-order valence-electron chi connectivity index (χ4n) is 2.88. The monoisotopic (exact) mass is 439 g/mol. The molecule has 13 heteroatoms. The number of nitrogens with one attached hydrogen (secondary N) is 2. The van der Waals surface area contributed by atoms with Gasteiger partial charge in [-0.2, -0.15) is 15.0 Å². The van der Waals surface area contributed by atoms with E-state index in [4.69, 9.17) is 21.7 Å². The molecule has 1 fully saturated rings. The second kappa shape index (κ2) is 8.21. The van der Waals surface area contributed by atoms with Crippen molar-refractivity contribution in [2.75, 3.05) is 19.0 Å². The lowest BCUT2D eigenvalue weighted by atomic mass is 9.90. The highest BCUT2D eigenvalue weighted by atomic mass is 32.2. The third-order valence-corrected chi connectivity index (χ3v) is 5.85. The maximum atomic E-state index is 12.8. The Morgan fingerprint density at radius 2 is 2.10 bits per heavy atom. The van der Waals surface area contributed by atoms with Crippen molar-refractivity contribution in [1.82, 2.24) is 19.7 Å². The lowest BCUT2D eigenvalue weighted by molar-refractivity contribution is -0.140. The van der Waals surface area contributed by atoms with E-state index in [2.05, 4.69) is 20.3 Å². The maximum absolute atomic E-state index is 12.8. The summed E-state index contributed by atoms with van der Waals surface area (Å²) < 4.78 is 37.3. The number of amides is 2. The number of esters is 1. The number of thiocarbonyl (C=S) groups is 1. The number of ether oxygens (including phenoxy) is 2. The van der Waals surface area contributed by atoms with E-state index in [1.54, 1.807) is 13.0 Å². The number of sulfonamides is 1. The number of urea groups is 1. The second-order valence-corrected chi connectivity index (χ2v) is 8.21. The average molecular weight is 439 g/mol.